The van der Waals surface area contributed by atoms with E-state index in [2.05, 4.69) is 10.6 Å². The van der Waals surface area contributed by atoms with E-state index in [1.165, 1.54) is 38.1 Å². The topological polar surface area (TPSA) is 109 Å². The Hall–Kier alpha value is -3.00. The Morgan fingerprint density at radius 2 is 1.41 bits per heavy atom. The van der Waals surface area contributed by atoms with Gasteiger partial charge in [-0.3, -0.25) is 14.4 Å². The number of aryl methyl sites for hydroxylation is 1. The van der Waals surface area contributed by atoms with E-state index < -0.39 is 32.7 Å². The summed E-state index contributed by atoms with van der Waals surface area (Å²) in [6.07, 6.45) is 0.854. The highest BCUT2D eigenvalue weighted by atomic mass is 32.2. The molecule has 1 atom stereocenters. The monoisotopic (exact) mass is 416 g/mol. The lowest BCUT2D eigenvalue weighted by atomic mass is 10.1. The zero-order valence-electron chi connectivity index (χ0n) is 16.6. The normalized spacial score (nSPS) is 12.1. The molecule has 29 heavy (non-hydrogen) atoms. The fraction of sp³-hybridized carbons (Fsp3) is 0.286. The van der Waals surface area contributed by atoms with Gasteiger partial charge in [-0.2, -0.15) is 0 Å². The van der Waals surface area contributed by atoms with Crippen LogP contribution in [0.3, 0.4) is 0 Å². The van der Waals surface area contributed by atoms with Crippen LogP contribution in [-0.4, -0.2) is 37.0 Å². The van der Waals surface area contributed by atoms with Gasteiger partial charge in [-0.1, -0.05) is 19.1 Å². The average molecular weight is 416 g/mol. The van der Waals surface area contributed by atoms with Gasteiger partial charge in [0.05, 0.1) is 0 Å². The average Bonchev–Trinajstić information content (AvgIpc) is 2.67. The van der Waals surface area contributed by atoms with Crippen LogP contribution in [0.15, 0.2) is 48.5 Å². The SMILES string of the molecule is CCc1ccc(NC(=O)CS(=O)(=O)C(C)C(=O)Nc2ccc(C(C)=O)cc2)cc1. The Bertz CT molecular complexity index is 996. The molecule has 154 valence electrons. The number of nitrogens with one attached hydrogen (secondary N) is 2. The van der Waals surface area contributed by atoms with Gasteiger partial charge >= 0.3 is 0 Å². The minimum atomic E-state index is -4.01. The van der Waals surface area contributed by atoms with Crippen LogP contribution in [0.1, 0.15) is 36.7 Å². The van der Waals surface area contributed by atoms with E-state index in [0.717, 1.165) is 12.0 Å². The number of Topliss-reactive ketones (excluding diaryl/α,β-unsaturated/α-hetero) is 1. The molecule has 2 aromatic carbocycles. The Labute approximate surface area is 170 Å². The molecule has 2 rings (SSSR count). The van der Waals surface area contributed by atoms with Crippen molar-refractivity contribution in [2.45, 2.75) is 32.4 Å². The van der Waals surface area contributed by atoms with Crippen molar-refractivity contribution in [1.29, 1.82) is 0 Å². The largest absolute Gasteiger partial charge is 0.325 e. The summed E-state index contributed by atoms with van der Waals surface area (Å²) in [4.78, 5) is 35.7. The molecule has 2 N–H and O–H groups in total. The number of benzene rings is 2. The second-order valence-corrected chi connectivity index (χ2v) is 8.99. The van der Waals surface area contributed by atoms with E-state index in [4.69, 9.17) is 0 Å². The fourth-order valence-electron chi connectivity index (χ4n) is 2.52. The molecular weight excluding hydrogens is 392 g/mol. The van der Waals surface area contributed by atoms with Gasteiger partial charge < -0.3 is 10.6 Å². The number of rotatable bonds is 8. The summed E-state index contributed by atoms with van der Waals surface area (Å²) in [5, 5.41) is 3.60. The summed E-state index contributed by atoms with van der Waals surface area (Å²) in [5.74, 6) is -2.38. The zero-order valence-corrected chi connectivity index (χ0v) is 17.4. The number of sulfone groups is 1. The van der Waals surface area contributed by atoms with Gasteiger partial charge in [-0.25, -0.2) is 8.42 Å². The fourth-order valence-corrected chi connectivity index (χ4v) is 3.60. The number of anilines is 2. The molecule has 0 radical (unpaired) electrons. The molecule has 0 heterocycles. The molecule has 2 amide bonds. The molecule has 0 aliphatic rings. The van der Waals surface area contributed by atoms with Crippen LogP contribution in [0.4, 0.5) is 11.4 Å². The molecule has 0 aliphatic heterocycles. The van der Waals surface area contributed by atoms with Crippen molar-refractivity contribution in [2.75, 3.05) is 16.4 Å². The Morgan fingerprint density at radius 3 is 1.93 bits per heavy atom. The molecule has 8 heteroatoms. The molecule has 0 fully saturated rings. The van der Waals surface area contributed by atoms with E-state index in [9.17, 15) is 22.8 Å². The Kier molecular flexibility index (Phi) is 7.28. The summed E-state index contributed by atoms with van der Waals surface area (Å²) < 4.78 is 24.9. The third-order valence-corrected chi connectivity index (χ3v) is 6.40. The van der Waals surface area contributed by atoms with Crippen molar-refractivity contribution in [1.82, 2.24) is 0 Å². The summed E-state index contributed by atoms with van der Waals surface area (Å²) in [7, 11) is -4.01. The Balaban J connectivity index is 1.98. The van der Waals surface area contributed by atoms with Crippen LogP contribution >= 0.6 is 0 Å². The number of amides is 2. The number of carbonyl (C=O) groups excluding carboxylic acids is 3. The predicted molar refractivity (Wildman–Crippen MR) is 113 cm³/mol. The standard InChI is InChI=1S/C21H24N2O5S/c1-4-16-5-9-18(10-6-16)22-20(25)13-29(27,28)15(3)21(26)23-19-11-7-17(8-12-19)14(2)24/h5-12,15H,4,13H2,1-3H3,(H,22,25)(H,23,26). The molecule has 0 aliphatic carbocycles. The lowest BCUT2D eigenvalue weighted by Gasteiger charge is -2.14. The molecule has 0 saturated heterocycles. The van der Waals surface area contributed by atoms with Crippen molar-refractivity contribution in [3.05, 3.63) is 59.7 Å². The predicted octanol–water partition coefficient (Wildman–Crippen LogP) is 2.83. The van der Waals surface area contributed by atoms with Crippen molar-refractivity contribution >= 4 is 38.8 Å². The van der Waals surface area contributed by atoms with Crippen molar-refractivity contribution in [3.63, 3.8) is 0 Å². The highest BCUT2D eigenvalue weighted by Crippen LogP contribution is 2.14. The van der Waals surface area contributed by atoms with Crippen LogP contribution in [0.25, 0.3) is 0 Å². The molecule has 0 aromatic heterocycles. The van der Waals surface area contributed by atoms with Crippen molar-refractivity contribution in [2.24, 2.45) is 0 Å². The van der Waals surface area contributed by atoms with Crippen LogP contribution in [0.5, 0.6) is 0 Å². The van der Waals surface area contributed by atoms with Gasteiger partial charge in [0, 0.05) is 16.9 Å². The summed E-state index contributed by atoms with van der Waals surface area (Å²) in [6, 6.07) is 13.2. The molecule has 0 bridgehead atoms. The number of hydrogen-bond donors (Lipinski definition) is 2. The van der Waals surface area contributed by atoms with E-state index in [1.54, 1.807) is 12.1 Å². The van der Waals surface area contributed by atoms with Gasteiger partial charge in [0.15, 0.2) is 15.6 Å². The maximum absolute atomic E-state index is 12.4. The third-order valence-electron chi connectivity index (χ3n) is 4.45. The first kappa shape index (κ1) is 22.3. The van der Waals surface area contributed by atoms with Crippen molar-refractivity contribution < 1.29 is 22.8 Å². The van der Waals surface area contributed by atoms with Crippen LogP contribution in [-0.2, 0) is 25.8 Å². The smallest absolute Gasteiger partial charge is 0.242 e. The molecule has 0 saturated carbocycles. The Morgan fingerprint density at radius 1 is 0.897 bits per heavy atom. The first-order chi connectivity index (χ1) is 13.6. The second-order valence-electron chi connectivity index (χ2n) is 6.67. The number of hydrogen-bond acceptors (Lipinski definition) is 5. The quantitative estimate of drug-likeness (QED) is 0.643. The molecular formula is C21H24N2O5S. The highest BCUT2D eigenvalue weighted by Gasteiger charge is 2.30. The van der Waals surface area contributed by atoms with Crippen LogP contribution in [0.2, 0.25) is 0 Å². The summed E-state index contributed by atoms with van der Waals surface area (Å²) >= 11 is 0. The maximum Gasteiger partial charge on any atom is 0.242 e. The van der Waals surface area contributed by atoms with Crippen LogP contribution < -0.4 is 10.6 Å². The van der Waals surface area contributed by atoms with Crippen LogP contribution in [0, 0.1) is 0 Å². The van der Waals surface area contributed by atoms with Gasteiger partial charge in [0.2, 0.25) is 11.8 Å². The first-order valence-corrected chi connectivity index (χ1v) is 10.9. The van der Waals surface area contributed by atoms with Gasteiger partial charge in [-0.15, -0.1) is 0 Å². The molecule has 0 spiro atoms. The van der Waals surface area contributed by atoms with E-state index in [-0.39, 0.29) is 5.78 Å². The lowest BCUT2D eigenvalue weighted by Crippen LogP contribution is -2.37. The summed E-state index contributed by atoms with van der Waals surface area (Å²) in [5.41, 5.74) is 2.43. The zero-order chi connectivity index (χ0) is 21.6. The molecule has 7 nitrogen and oxygen atoms in total. The van der Waals surface area contributed by atoms with E-state index >= 15 is 0 Å². The lowest BCUT2D eigenvalue weighted by molar-refractivity contribution is -0.115. The number of carbonyl (C=O) groups is 3. The minimum Gasteiger partial charge on any atom is -0.325 e. The molecule has 2 aromatic rings. The second kappa shape index (κ2) is 9.47. The summed E-state index contributed by atoms with van der Waals surface area (Å²) in [6.45, 7) is 4.66. The van der Waals surface area contributed by atoms with Crippen molar-refractivity contribution in [3.8, 4) is 0 Å². The van der Waals surface area contributed by atoms with Gasteiger partial charge in [-0.05, 0) is 62.2 Å². The minimum absolute atomic E-state index is 0.117. The number of ketones is 1. The highest BCUT2D eigenvalue weighted by molar-refractivity contribution is 7.93. The first-order valence-electron chi connectivity index (χ1n) is 9.14. The van der Waals surface area contributed by atoms with E-state index in [0.29, 0.717) is 16.9 Å². The maximum atomic E-state index is 12.4. The van der Waals surface area contributed by atoms with Gasteiger partial charge in [0.25, 0.3) is 0 Å². The molecule has 1 unspecified atom stereocenters. The van der Waals surface area contributed by atoms with Gasteiger partial charge in [0.1, 0.15) is 11.0 Å². The third kappa shape index (κ3) is 6.25. The van der Waals surface area contributed by atoms with E-state index in [1.807, 2.05) is 19.1 Å².